The fraction of sp³-hybridized carbons (Fsp3) is 1.00. The van der Waals surface area contributed by atoms with Gasteiger partial charge in [-0.1, -0.05) is 20.8 Å². The van der Waals surface area contributed by atoms with E-state index in [-0.39, 0.29) is 22.2 Å². The molecule has 0 aromatic heterocycles. The van der Waals surface area contributed by atoms with E-state index in [1.165, 1.54) is 0 Å². The number of ether oxygens (including phenoxy) is 1. The molecule has 1 fully saturated rings. The molecule has 0 amide bonds. The number of likely N-dealkylation sites (N-methyl/N-ethyl adjacent to an activating group) is 1. The molecule has 0 bridgehead atoms. The summed E-state index contributed by atoms with van der Waals surface area (Å²) in [5.74, 6) is 0. The van der Waals surface area contributed by atoms with E-state index in [1.807, 2.05) is 0 Å². The Morgan fingerprint density at radius 2 is 1.67 bits per heavy atom. The van der Waals surface area contributed by atoms with E-state index < -0.39 is 0 Å². The van der Waals surface area contributed by atoms with Crippen LogP contribution in [0.2, 0.25) is 0 Å². The van der Waals surface area contributed by atoms with Crippen molar-refractivity contribution in [1.29, 1.82) is 0 Å². The summed E-state index contributed by atoms with van der Waals surface area (Å²) in [5, 5.41) is 0. The lowest BCUT2D eigenvalue weighted by atomic mass is 9.76. The predicted octanol–water partition coefficient (Wildman–Crippen LogP) is 2.64. The summed E-state index contributed by atoms with van der Waals surface area (Å²) >= 11 is 0. The van der Waals surface area contributed by atoms with Crippen LogP contribution in [0.4, 0.5) is 0 Å². The molecule has 3 heteroatoms. The number of hydrogen-bond acceptors (Lipinski definition) is 3. The van der Waals surface area contributed by atoms with E-state index in [4.69, 9.17) is 10.5 Å². The molecular weight excluding hydrogens is 224 g/mol. The van der Waals surface area contributed by atoms with Gasteiger partial charge < -0.3 is 10.5 Å². The average Bonchev–Trinajstić information content (AvgIpc) is 2.27. The summed E-state index contributed by atoms with van der Waals surface area (Å²) in [6.07, 6.45) is 0.982. The molecule has 1 aliphatic heterocycles. The Hall–Kier alpha value is -0.120. The molecule has 0 aromatic rings. The van der Waals surface area contributed by atoms with E-state index in [9.17, 15) is 0 Å². The molecule has 1 heterocycles. The van der Waals surface area contributed by atoms with Crippen molar-refractivity contribution in [3.63, 3.8) is 0 Å². The van der Waals surface area contributed by atoms with Crippen molar-refractivity contribution in [3.8, 4) is 0 Å². The largest absolute Gasteiger partial charge is 0.368 e. The highest BCUT2D eigenvalue weighted by molar-refractivity contribution is 5.12. The molecule has 1 rings (SSSR count). The van der Waals surface area contributed by atoms with Gasteiger partial charge in [-0.15, -0.1) is 0 Å². The maximum atomic E-state index is 6.26. The van der Waals surface area contributed by atoms with Gasteiger partial charge in [0.2, 0.25) is 0 Å². The van der Waals surface area contributed by atoms with Gasteiger partial charge in [0, 0.05) is 13.1 Å². The maximum absolute atomic E-state index is 6.26. The quantitative estimate of drug-likeness (QED) is 0.843. The van der Waals surface area contributed by atoms with Crippen LogP contribution < -0.4 is 5.73 Å². The Morgan fingerprint density at radius 3 is 1.94 bits per heavy atom. The fourth-order valence-corrected chi connectivity index (χ4v) is 3.67. The molecule has 2 N–H and O–H groups in total. The summed E-state index contributed by atoms with van der Waals surface area (Å²) in [4.78, 5) is 2.42. The van der Waals surface area contributed by atoms with Crippen LogP contribution in [0, 0.1) is 5.41 Å². The molecule has 0 saturated carbocycles. The molecule has 0 radical (unpaired) electrons. The molecule has 1 saturated heterocycles. The second kappa shape index (κ2) is 4.46. The average molecular weight is 256 g/mol. The van der Waals surface area contributed by atoms with Crippen molar-refractivity contribution in [1.82, 2.24) is 4.90 Å². The van der Waals surface area contributed by atoms with Gasteiger partial charge in [0.1, 0.15) is 0 Å². The van der Waals surface area contributed by atoms with Crippen LogP contribution in [0.3, 0.4) is 0 Å². The molecular formula is C15H32N2O. The SMILES string of the molecule is CN(CC(C)(C)C)C1(CN)CC(C)(C)OC1(C)C. The topological polar surface area (TPSA) is 38.5 Å². The van der Waals surface area contributed by atoms with Gasteiger partial charge in [0.15, 0.2) is 0 Å². The number of hydrogen-bond donors (Lipinski definition) is 1. The molecule has 3 nitrogen and oxygen atoms in total. The lowest BCUT2D eigenvalue weighted by Gasteiger charge is -2.48. The normalized spacial score (nSPS) is 31.0. The zero-order valence-electron chi connectivity index (χ0n) is 13.6. The highest BCUT2D eigenvalue weighted by Gasteiger charge is 2.58. The third kappa shape index (κ3) is 2.89. The van der Waals surface area contributed by atoms with Gasteiger partial charge >= 0.3 is 0 Å². The summed E-state index contributed by atoms with van der Waals surface area (Å²) in [5.41, 5.74) is 6.03. The Kier molecular flexibility index (Phi) is 3.95. The fourth-order valence-electron chi connectivity index (χ4n) is 3.67. The van der Waals surface area contributed by atoms with Gasteiger partial charge in [-0.2, -0.15) is 0 Å². The first kappa shape index (κ1) is 15.9. The molecule has 1 atom stereocenters. The molecule has 108 valence electrons. The Morgan fingerprint density at radius 1 is 1.17 bits per heavy atom. The zero-order chi connectivity index (χ0) is 14.4. The molecule has 0 aliphatic carbocycles. The number of nitrogens with zero attached hydrogens (tertiary/aromatic N) is 1. The van der Waals surface area contributed by atoms with Crippen LogP contribution in [-0.2, 0) is 4.74 Å². The summed E-state index contributed by atoms with van der Waals surface area (Å²) in [7, 11) is 2.19. The minimum absolute atomic E-state index is 0.0796. The van der Waals surface area contributed by atoms with Gasteiger partial charge in [-0.25, -0.2) is 0 Å². The first-order valence-corrected chi connectivity index (χ1v) is 6.97. The van der Waals surface area contributed by atoms with Gasteiger partial charge in [-0.3, -0.25) is 4.90 Å². The summed E-state index contributed by atoms with van der Waals surface area (Å²) in [6, 6.07) is 0. The van der Waals surface area contributed by atoms with E-state index in [2.05, 4.69) is 60.4 Å². The first-order valence-electron chi connectivity index (χ1n) is 6.97. The van der Waals surface area contributed by atoms with Crippen molar-refractivity contribution in [2.75, 3.05) is 20.1 Å². The Balaban J connectivity index is 3.06. The standard InChI is InChI=1S/C15H32N2O/c1-12(2,3)11-17(8)15(10-16)9-13(4,5)18-14(15,6)7/h9-11,16H2,1-8H3. The maximum Gasteiger partial charge on any atom is 0.0829 e. The number of rotatable bonds is 3. The minimum atomic E-state index is -0.217. The van der Waals surface area contributed by atoms with E-state index in [0.717, 1.165) is 13.0 Å². The van der Waals surface area contributed by atoms with Crippen LogP contribution in [-0.4, -0.2) is 41.8 Å². The van der Waals surface area contributed by atoms with Crippen LogP contribution in [0.5, 0.6) is 0 Å². The third-order valence-electron chi connectivity index (χ3n) is 4.15. The van der Waals surface area contributed by atoms with Crippen LogP contribution >= 0.6 is 0 Å². The Bertz CT molecular complexity index is 304. The monoisotopic (exact) mass is 256 g/mol. The van der Waals surface area contributed by atoms with Crippen LogP contribution in [0.1, 0.15) is 54.9 Å². The lowest BCUT2D eigenvalue weighted by Crippen LogP contribution is -2.63. The second-order valence-corrected chi connectivity index (χ2v) is 8.20. The van der Waals surface area contributed by atoms with Gasteiger partial charge in [0.25, 0.3) is 0 Å². The van der Waals surface area contributed by atoms with Crippen molar-refractivity contribution in [2.45, 2.75) is 71.6 Å². The zero-order valence-corrected chi connectivity index (χ0v) is 13.6. The highest BCUT2D eigenvalue weighted by atomic mass is 16.5. The van der Waals surface area contributed by atoms with Crippen molar-refractivity contribution >= 4 is 0 Å². The number of nitrogens with two attached hydrogens (primary N) is 1. The minimum Gasteiger partial charge on any atom is -0.368 e. The smallest absolute Gasteiger partial charge is 0.0829 e. The van der Waals surface area contributed by atoms with Crippen LogP contribution in [0.25, 0.3) is 0 Å². The first-order chi connectivity index (χ1) is 7.85. The molecule has 1 unspecified atom stereocenters. The van der Waals surface area contributed by atoms with E-state index in [0.29, 0.717) is 6.54 Å². The molecule has 18 heavy (non-hydrogen) atoms. The van der Waals surface area contributed by atoms with Crippen molar-refractivity contribution < 1.29 is 4.74 Å². The molecule has 1 aliphatic rings. The second-order valence-electron chi connectivity index (χ2n) is 8.20. The summed E-state index contributed by atoms with van der Waals surface area (Å²) < 4.78 is 6.26. The molecule has 0 aromatic carbocycles. The molecule has 0 spiro atoms. The predicted molar refractivity (Wildman–Crippen MR) is 77.7 cm³/mol. The highest BCUT2D eigenvalue weighted by Crippen LogP contribution is 2.48. The van der Waals surface area contributed by atoms with E-state index in [1.54, 1.807) is 0 Å². The van der Waals surface area contributed by atoms with Crippen molar-refractivity contribution in [3.05, 3.63) is 0 Å². The summed E-state index contributed by atoms with van der Waals surface area (Å²) in [6.45, 7) is 17.1. The van der Waals surface area contributed by atoms with Gasteiger partial charge in [-0.05, 0) is 46.6 Å². The van der Waals surface area contributed by atoms with Crippen molar-refractivity contribution in [2.24, 2.45) is 11.1 Å². The Labute approximate surface area is 113 Å². The van der Waals surface area contributed by atoms with Crippen LogP contribution in [0.15, 0.2) is 0 Å². The lowest BCUT2D eigenvalue weighted by molar-refractivity contribution is -0.103. The van der Waals surface area contributed by atoms with E-state index >= 15 is 0 Å². The third-order valence-corrected chi connectivity index (χ3v) is 4.15. The van der Waals surface area contributed by atoms with Gasteiger partial charge in [0.05, 0.1) is 16.7 Å².